The summed E-state index contributed by atoms with van der Waals surface area (Å²) >= 11 is 1.23. The fourth-order valence-corrected chi connectivity index (χ4v) is 3.67. The van der Waals surface area contributed by atoms with Crippen LogP contribution in [0.1, 0.15) is 49.9 Å². The number of nitrogens with zero attached hydrogens (tertiary/aromatic N) is 2. The number of amides is 1. The molecule has 1 aromatic heterocycles. The van der Waals surface area contributed by atoms with Crippen LogP contribution in [0.15, 0.2) is 11.2 Å². The molecule has 23 heavy (non-hydrogen) atoms. The molecule has 0 atom stereocenters. The minimum absolute atomic E-state index is 0.123. The van der Waals surface area contributed by atoms with E-state index in [9.17, 15) is 14.7 Å². The fraction of sp³-hybridized carbons (Fsp3) is 0.625. The van der Waals surface area contributed by atoms with Gasteiger partial charge in [-0.2, -0.15) is 0 Å². The van der Waals surface area contributed by atoms with Crippen LogP contribution in [-0.4, -0.2) is 38.2 Å². The van der Waals surface area contributed by atoms with E-state index in [4.69, 9.17) is 0 Å². The predicted octanol–water partition coefficient (Wildman–Crippen LogP) is 2.48. The van der Waals surface area contributed by atoms with Crippen molar-refractivity contribution in [3.63, 3.8) is 0 Å². The van der Waals surface area contributed by atoms with Crippen molar-refractivity contribution in [3.05, 3.63) is 17.5 Å². The number of carboxylic acid groups (broad SMARTS) is 1. The average Bonchev–Trinajstić information content (AvgIpc) is 2.71. The number of carbonyl (C=O) groups excluding carboxylic acids is 1. The Bertz CT molecular complexity index is 564. The summed E-state index contributed by atoms with van der Waals surface area (Å²) in [6, 6.07) is 1.87. The second-order valence-electron chi connectivity index (χ2n) is 6.07. The van der Waals surface area contributed by atoms with Gasteiger partial charge in [-0.05, 0) is 32.8 Å². The molecule has 1 heterocycles. The SMILES string of the molecule is Cc1cc(C)nc(SCC(=O)NC2(C(=O)O)CCCCCC2)n1. The van der Waals surface area contributed by atoms with Crippen LogP contribution in [0.25, 0.3) is 0 Å². The third kappa shape index (κ3) is 4.92. The topological polar surface area (TPSA) is 92.2 Å². The lowest BCUT2D eigenvalue weighted by atomic mass is 9.90. The van der Waals surface area contributed by atoms with Crippen molar-refractivity contribution in [3.8, 4) is 0 Å². The lowest BCUT2D eigenvalue weighted by Crippen LogP contribution is -2.54. The van der Waals surface area contributed by atoms with Crippen molar-refractivity contribution < 1.29 is 14.7 Å². The number of aromatic nitrogens is 2. The normalized spacial score (nSPS) is 17.3. The molecule has 2 rings (SSSR count). The van der Waals surface area contributed by atoms with Gasteiger partial charge >= 0.3 is 5.97 Å². The number of aliphatic carboxylic acids is 1. The number of hydrogen-bond acceptors (Lipinski definition) is 5. The number of rotatable bonds is 5. The van der Waals surface area contributed by atoms with E-state index in [-0.39, 0.29) is 11.7 Å². The third-order valence-electron chi connectivity index (χ3n) is 4.04. The Labute approximate surface area is 140 Å². The van der Waals surface area contributed by atoms with Crippen molar-refractivity contribution in [1.29, 1.82) is 0 Å². The molecule has 1 aliphatic rings. The number of carboxylic acids is 1. The highest BCUT2D eigenvalue weighted by Crippen LogP contribution is 2.28. The first-order chi connectivity index (χ1) is 10.9. The van der Waals surface area contributed by atoms with Crippen molar-refractivity contribution in [2.24, 2.45) is 0 Å². The number of thioether (sulfide) groups is 1. The smallest absolute Gasteiger partial charge is 0.329 e. The first kappa shape index (κ1) is 17.7. The second kappa shape index (κ2) is 7.77. The summed E-state index contributed by atoms with van der Waals surface area (Å²) in [5.74, 6) is -1.08. The van der Waals surface area contributed by atoms with Gasteiger partial charge in [0, 0.05) is 11.4 Å². The zero-order valence-corrected chi connectivity index (χ0v) is 14.4. The predicted molar refractivity (Wildman–Crippen MR) is 88.4 cm³/mol. The highest BCUT2D eigenvalue weighted by molar-refractivity contribution is 7.99. The van der Waals surface area contributed by atoms with Gasteiger partial charge in [0.25, 0.3) is 0 Å². The molecule has 1 aliphatic carbocycles. The zero-order valence-electron chi connectivity index (χ0n) is 13.6. The highest BCUT2D eigenvalue weighted by Gasteiger charge is 2.39. The molecule has 0 spiro atoms. The van der Waals surface area contributed by atoms with Gasteiger partial charge in [0.2, 0.25) is 5.91 Å². The van der Waals surface area contributed by atoms with E-state index in [1.54, 1.807) is 0 Å². The van der Waals surface area contributed by atoms with Gasteiger partial charge in [-0.3, -0.25) is 4.79 Å². The van der Waals surface area contributed by atoms with E-state index in [0.717, 1.165) is 37.1 Å². The Hall–Kier alpha value is -1.63. The largest absolute Gasteiger partial charge is 0.480 e. The molecule has 1 amide bonds. The average molecular weight is 337 g/mol. The lowest BCUT2D eigenvalue weighted by Gasteiger charge is -2.29. The standard InChI is InChI=1S/C16H23N3O3S/c1-11-9-12(2)18-15(17-11)23-10-13(20)19-16(14(21)22)7-5-3-4-6-8-16/h9H,3-8,10H2,1-2H3,(H,19,20)(H,21,22). The van der Waals surface area contributed by atoms with E-state index < -0.39 is 11.5 Å². The number of hydrogen-bond donors (Lipinski definition) is 2. The molecule has 1 aromatic rings. The molecule has 0 radical (unpaired) electrons. The van der Waals surface area contributed by atoms with Gasteiger partial charge in [0.15, 0.2) is 5.16 Å². The monoisotopic (exact) mass is 337 g/mol. The quantitative estimate of drug-likeness (QED) is 0.487. The second-order valence-corrected chi connectivity index (χ2v) is 7.01. The zero-order chi connectivity index (χ0) is 16.9. The van der Waals surface area contributed by atoms with E-state index in [1.807, 2.05) is 19.9 Å². The molecule has 7 heteroatoms. The Morgan fingerprint density at radius 2 is 1.74 bits per heavy atom. The molecular formula is C16H23N3O3S. The number of carbonyl (C=O) groups is 2. The fourth-order valence-electron chi connectivity index (χ4n) is 2.92. The summed E-state index contributed by atoms with van der Waals surface area (Å²) in [6.07, 6.45) is 4.71. The molecule has 0 saturated heterocycles. The van der Waals surface area contributed by atoms with Crippen LogP contribution in [0.5, 0.6) is 0 Å². The van der Waals surface area contributed by atoms with Gasteiger partial charge in [-0.15, -0.1) is 0 Å². The summed E-state index contributed by atoms with van der Waals surface area (Å²) in [5, 5.41) is 12.9. The molecule has 0 aliphatic heterocycles. The Balaban J connectivity index is 1.97. The Morgan fingerprint density at radius 1 is 1.17 bits per heavy atom. The maximum atomic E-state index is 12.2. The van der Waals surface area contributed by atoms with Crippen LogP contribution in [0, 0.1) is 13.8 Å². The van der Waals surface area contributed by atoms with E-state index in [0.29, 0.717) is 18.0 Å². The Morgan fingerprint density at radius 3 is 2.26 bits per heavy atom. The first-order valence-electron chi connectivity index (χ1n) is 7.91. The van der Waals surface area contributed by atoms with Gasteiger partial charge in [0.05, 0.1) is 5.75 Å². The van der Waals surface area contributed by atoms with E-state index >= 15 is 0 Å². The maximum absolute atomic E-state index is 12.2. The van der Waals surface area contributed by atoms with Crippen LogP contribution in [0.2, 0.25) is 0 Å². The minimum atomic E-state index is -1.11. The lowest BCUT2D eigenvalue weighted by molar-refractivity contribution is -0.148. The molecule has 1 saturated carbocycles. The van der Waals surface area contributed by atoms with Crippen LogP contribution in [0.4, 0.5) is 0 Å². The van der Waals surface area contributed by atoms with Crippen LogP contribution < -0.4 is 5.32 Å². The van der Waals surface area contributed by atoms with Gasteiger partial charge in [-0.1, -0.05) is 37.4 Å². The summed E-state index contributed by atoms with van der Waals surface area (Å²) in [6.45, 7) is 3.76. The van der Waals surface area contributed by atoms with Crippen LogP contribution >= 0.6 is 11.8 Å². The van der Waals surface area contributed by atoms with Crippen LogP contribution in [-0.2, 0) is 9.59 Å². The van der Waals surface area contributed by atoms with E-state index in [2.05, 4.69) is 15.3 Å². The van der Waals surface area contributed by atoms with Crippen molar-refractivity contribution in [2.75, 3.05) is 5.75 Å². The molecule has 0 aromatic carbocycles. The summed E-state index contributed by atoms with van der Waals surface area (Å²) in [7, 11) is 0. The summed E-state index contributed by atoms with van der Waals surface area (Å²) < 4.78 is 0. The third-order valence-corrected chi connectivity index (χ3v) is 4.89. The van der Waals surface area contributed by atoms with Gasteiger partial charge in [0.1, 0.15) is 5.54 Å². The van der Waals surface area contributed by atoms with Crippen molar-refractivity contribution in [1.82, 2.24) is 15.3 Å². The van der Waals surface area contributed by atoms with Crippen molar-refractivity contribution in [2.45, 2.75) is 63.1 Å². The Kier molecular flexibility index (Phi) is 5.98. The molecule has 0 bridgehead atoms. The minimum Gasteiger partial charge on any atom is -0.480 e. The molecular weight excluding hydrogens is 314 g/mol. The van der Waals surface area contributed by atoms with Gasteiger partial charge in [-0.25, -0.2) is 14.8 Å². The first-order valence-corrected chi connectivity index (χ1v) is 8.89. The molecule has 2 N–H and O–H groups in total. The van der Waals surface area contributed by atoms with E-state index in [1.165, 1.54) is 11.8 Å². The molecule has 0 unspecified atom stereocenters. The number of nitrogens with one attached hydrogen (secondary N) is 1. The summed E-state index contributed by atoms with van der Waals surface area (Å²) in [5.41, 5.74) is 0.592. The summed E-state index contributed by atoms with van der Waals surface area (Å²) in [4.78, 5) is 32.5. The highest BCUT2D eigenvalue weighted by atomic mass is 32.2. The molecule has 6 nitrogen and oxygen atoms in total. The van der Waals surface area contributed by atoms with Crippen LogP contribution in [0.3, 0.4) is 0 Å². The number of aryl methyl sites for hydroxylation is 2. The van der Waals surface area contributed by atoms with Crippen molar-refractivity contribution >= 4 is 23.6 Å². The molecule has 1 fully saturated rings. The molecule has 126 valence electrons. The maximum Gasteiger partial charge on any atom is 0.329 e. The van der Waals surface area contributed by atoms with Gasteiger partial charge < -0.3 is 10.4 Å².